The smallest absolute Gasteiger partial charge is 0.338 e. The van der Waals surface area contributed by atoms with Gasteiger partial charge in [-0.1, -0.05) is 17.7 Å². The molecule has 0 spiro atoms. The van der Waals surface area contributed by atoms with Gasteiger partial charge in [0, 0.05) is 4.90 Å². The number of rotatable bonds is 7. The molecule has 1 aromatic rings. The Bertz CT molecular complexity index is 775. The molecule has 0 fully saturated rings. The SMILES string of the molecule is CCOC(=O)C1=C(COC(=O)CSc2ccc(C)cc2C)NC(=O)N[C@@H]1C. The number of esters is 2. The average molecular weight is 392 g/mol. The number of urea groups is 1. The fourth-order valence-corrected chi connectivity index (χ4v) is 3.49. The van der Waals surface area contributed by atoms with Crippen LogP contribution in [-0.4, -0.2) is 43.0 Å². The Hall–Kier alpha value is -2.48. The average Bonchev–Trinajstić information content (AvgIpc) is 2.58. The summed E-state index contributed by atoms with van der Waals surface area (Å²) in [5.41, 5.74) is 2.76. The standard InChI is InChI=1S/C19H24N2O5S/c1-5-25-18(23)17-13(4)20-19(24)21-14(17)9-26-16(22)10-27-15-7-6-11(2)8-12(15)3/h6-8,13H,5,9-10H2,1-4H3,(H2,20,21,24)/t13-/m1/s1. The van der Waals surface area contributed by atoms with Crippen LogP contribution in [0, 0.1) is 13.8 Å². The number of carbonyl (C=O) groups excluding carboxylic acids is 3. The molecule has 0 unspecified atom stereocenters. The molecule has 0 radical (unpaired) electrons. The van der Waals surface area contributed by atoms with Gasteiger partial charge < -0.3 is 20.1 Å². The predicted octanol–water partition coefficient (Wildman–Crippen LogP) is 2.46. The van der Waals surface area contributed by atoms with E-state index < -0.39 is 24.0 Å². The summed E-state index contributed by atoms with van der Waals surface area (Å²) in [5.74, 6) is -0.849. The fraction of sp³-hybridized carbons (Fsp3) is 0.421. The molecular formula is C19H24N2O5S. The van der Waals surface area contributed by atoms with E-state index in [9.17, 15) is 14.4 Å². The number of ether oxygens (including phenoxy) is 2. The Morgan fingerprint density at radius 3 is 2.63 bits per heavy atom. The van der Waals surface area contributed by atoms with Gasteiger partial charge in [-0.05, 0) is 39.3 Å². The van der Waals surface area contributed by atoms with Gasteiger partial charge in [0.15, 0.2) is 0 Å². The van der Waals surface area contributed by atoms with Crippen LogP contribution in [0.2, 0.25) is 0 Å². The van der Waals surface area contributed by atoms with Crippen molar-refractivity contribution in [3.8, 4) is 0 Å². The van der Waals surface area contributed by atoms with Gasteiger partial charge in [-0.3, -0.25) is 4.79 Å². The molecule has 0 aliphatic carbocycles. The van der Waals surface area contributed by atoms with E-state index in [2.05, 4.69) is 16.7 Å². The molecule has 2 N–H and O–H groups in total. The summed E-state index contributed by atoms with van der Waals surface area (Å²) < 4.78 is 10.3. The number of carbonyl (C=O) groups is 3. The molecule has 1 aliphatic heterocycles. The highest BCUT2D eigenvalue weighted by Gasteiger charge is 2.30. The summed E-state index contributed by atoms with van der Waals surface area (Å²) >= 11 is 1.38. The molecule has 0 aromatic heterocycles. The Balaban J connectivity index is 1.99. The summed E-state index contributed by atoms with van der Waals surface area (Å²) in [6, 6.07) is 5.03. The minimum Gasteiger partial charge on any atom is -0.463 e. The summed E-state index contributed by atoms with van der Waals surface area (Å²) in [7, 11) is 0. The van der Waals surface area contributed by atoms with Crippen molar-refractivity contribution in [3.63, 3.8) is 0 Å². The van der Waals surface area contributed by atoms with Crippen LogP contribution in [0.4, 0.5) is 4.79 Å². The van der Waals surface area contributed by atoms with E-state index in [1.165, 1.54) is 11.8 Å². The number of hydrogen-bond donors (Lipinski definition) is 2. The van der Waals surface area contributed by atoms with E-state index in [0.29, 0.717) is 0 Å². The summed E-state index contributed by atoms with van der Waals surface area (Å²) in [4.78, 5) is 36.9. The molecule has 8 heteroatoms. The highest BCUT2D eigenvalue weighted by Crippen LogP contribution is 2.23. The maximum Gasteiger partial charge on any atom is 0.338 e. The molecule has 1 heterocycles. The van der Waals surface area contributed by atoms with Crippen molar-refractivity contribution in [2.24, 2.45) is 0 Å². The summed E-state index contributed by atoms with van der Waals surface area (Å²) in [6.07, 6.45) is 0. The van der Waals surface area contributed by atoms with Crippen molar-refractivity contribution in [2.75, 3.05) is 19.0 Å². The molecule has 0 saturated heterocycles. The van der Waals surface area contributed by atoms with Crippen molar-refractivity contribution in [2.45, 2.75) is 38.6 Å². The second kappa shape index (κ2) is 9.45. The third-order valence-electron chi connectivity index (χ3n) is 3.92. The molecule has 27 heavy (non-hydrogen) atoms. The van der Waals surface area contributed by atoms with Gasteiger partial charge in [-0.25, -0.2) is 9.59 Å². The summed E-state index contributed by atoms with van der Waals surface area (Å²) in [5, 5.41) is 5.12. The zero-order chi connectivity index (χ0) is 20.0. The molecule has 146 valence electrons. The third-order valence-corrected chi connectivity index (χ3v) is 5.07. The molecule has 2 amide bonds. The van der Waals surface area contributed by atoms with Gasteiger partial charge in [-0.2, -0.15) is 0 Å². The zero-order valence-electron chi connectivity index (χ0n) is 15.9. The lowest BCUT2D eigenvalue weighted by molar-refractivity contribution is -0.141. The first kappa shape index (κ1) is 20.8. The Kier molecular flexibility index (Phi) is 7.29. The van der Waals surface area contributed by atoms with Gasteiger partial charge >= 0.3 is 18.0 Å². The number of hydrogen-bond acceptors (Lipinski definition) is 6. The maximum absolute atomic E-state index is 12.1. The lowest BCUT2D eigenvalue weighted by Crippen LogP contribution is -2.50. The third kappa shape index (κ3) is 5.75. The van der Waals surface area contributed by atoms with E-state index in [1.54, 1.807) is 13.8 Å². The maximum atomic E-state index is 12.1. The fourth-order valence-electron chi connectivity index (χ4n) is 2.69. The van der Waals surface area contributed by atoms with Crippen LogP contribution < -0.4 is 10.6 Å². The Morgan fingerprint density at radius 2 is 1.96 bits per heavy atom. The molecule has 7 nitrogen and oxygen atoms in total. The van der Waals surface area contributed by atoms with E-state index in [0.717, 1.165) is 16.0 Å². The van der Waals surface area contributed by atoms with Gasteiger partial charge in [0.05, 0.1) is 29.7 Å². The van der Waals surface area contributed by atoms with Crippen LogP contribution in [0.3, 0.4) is 0 Å². The number of nitrogens with one attached hydrogen (secondary N) is 2. The van der Waals surface area contributed by atoms with Gasteiger partial charge in [-0.15, -0.1) is 11.8 Å². The van der Waals surface area contributed by atoms with Crippen molar-refractivity contribution in [1.29, 1.82) is 0 Å². The zero-order valence-corrected chi connectivity index (χ0v) is 16.7. The van der Waals surface area contributed by atoms with Crippen LogP contribution in [0.1, 0.15) is 25.0 Å². The number of thioether (sulfide) groups is 1. The van der Waals surface area contributed by atoms with Gasteiger partial charge in [0.25, 0.3) is 0 Å². The first-order chi connectivity index (χ1) is 12.8. The monoisotopic (exact) mass is 392 g/mol. The lowest BCUT2D eigenvalue weighted by atomic mass is 10.0. The van der Waals surface area contributed by atoms with E-state index in [4.69, 9.17) is 9.47 Å². The van der Waals surface area contributed by atoms with E-state index in [1.807, 2.05) is 26.0 Å². The van der Waals surface area contributed by atoms with Crippen LogP contribution >= 0.6 is 11.8 Å². The first-order valence-corrected chi connectivity index (χ1v) is 9.63. The molecule has 1 aromatic carbocycles. The second-order valence-corrected chi connectivity index (χ2v) is 7.17. The van der Waals surface area contributed by atoms with Gasteiger partial charge in [0.1, 0.15) is 6.61 Å². The van der Waals surface area contributed by atoms with Crippen molar-refractivity contribution >= 4 is 29.7 Å². The van der Waals surface area contributed by atoms with Crippen LogP contribution in [0.15, 0.2) is 34.4 Å². The van der Waals surface area contributed by atoms with Crippen molar-refractivity contribution < 1.29 is 23.9 Å². The molecule has 0 saturated carbocycles. The van der Waals surface area contributed by atoms with Gasteiger partial charge in [0.2, 0.25) is 0 Å². The van der Waals surface area contributed by atoms with Crippen LogP contribution in [0.25, 0.3) is 0 Å². The highest BCUT2D eigenvalue weighted by atomic mass is 32.2. The van der Waals surface area contributed by atoms with E-state index in [-0.39, 0.29) is 30.2 Å². The molecular weight excluding hydrogens is 368 g/mol. The second-order valence-electron chi connectivity index (χ2n) is 6.15. The normalized spacial score (nSPS) is 16.4. The minimum absolute atomic E-state index is 0.133. The number of aryl methyl sites for hydroxylation is 2. The van der Waals surface area contributed by atoms with Crippen molar-refractivity contribution in [1.82, 2.24) is 10.6 Å². The van der Waals surface area contributed by atoms with Crippen molar-refractivity contribution in [3.05, 3.63) is 40.6 Å². The molecule has 1 atom stereocenters. The Morgan fingerprint density at radius 1 is 1.22 bits per heavy atom. The quantitative estimate of drug-likeness (QED) is 0.547. The predicted molar refractivity (Wildman–Crippen MR) is 102 cm³/mol. The topological polar surface area (TPSA) is 93.7 Å². The number of benzene rings is 1. The van der Waals surface area contributed by atoms with Crippen LogP contribution in [-0.2, 0) is 19.1 Å². The molecule has 2 rings (SSSR count). The molecule has 1 aliphatic rings. The highest BCUT2D eigenvalue weighted by molar-refractivity contribution is 8.00. The summed E-state index contributed by atoms with van der Waals surface area (Å²) in [6.45, 7) is 7.38. The van der Waals surface area contributed by atoms with Crippen LogP contribution in [0.5, 0.6) is 0 Å². The van der Waals surface area contributed by atoms with E-state index >= 15 is 0 Å². The lowest BCUT2D eigenvalue weighted by Gasteiger charge is -2.26. The first-order valence-electron chi connectivity index (χ1n) is 8.65. The number of amides is 2. The molecule has 0 bridgehead atoms. The minimum atomic E-state index is -0.548. The Labute approximate surface area is 162 Å². The largest absolute Gasteiger partial charge is 0.463 e.